The van der Waals surface area contributed by atoms with E-state index in [1.807, 2.05) is 48.5 Å². The van der Waals surface area contributed by atoms with Crippen molar-refractivity contribution in [3.8, 4) is 0 Å². The fourth-order valence-electron chi connectivity index (χ4n) is 2.79. The summed E-state index contributed by atoms with van der Waals surface area (Å²) in [6.07, 6.45) is 0.753. The Kier molecular flexibility index (Phi) is 7.96. The molecular formula is C21H29NO2. The third-order valence-electron chi connectivity index (χ3n) is 4.07. The minimum atomic E-state index is -0.212. The van der Waals surface area contributed by atoms with Gasteiger partial charge in [-0.2, -0.15) is 0 Å². The SMILES string of the molecule is CC(C)C[C@H](NCc1ccccc1)[C@H](CO)OCc1ccccc1. The molecule has 2 N–H and O–H groups in total. The lowest BCUT2D eigenvalue weighted by molar-refractivity contribution is -0.0242. The van der Waals surface area contributed by atoms with Crippen LogP contribution in [0.3, 0.4) is 0 Å². The molecule has 0 amide bonds. The first-order valence-corrected chi connectivity index (χ1v) is 8.72. The standard InChI is InChI=1S/C21H29NO2/c1-17(2)13-20(22-14-18-9-5-3-6-10-18)21(15-23)24-16-19-11-7-4-8-12-19/h3-12,17,20-23H,13-16H2,1-2H3/t20-,21-/m0/s1. The molecule has 0 aliphatic carbocycles. The van der Waals surface area contributed by atoms with E-state index in [0.29, 0.717) is 12.5 Å². The van der Waals surface area contributed by atoms with Crippen molar-refractivity contribution >= 4 is 0 Å². The molecule has 0 spiro atoms. The molecule has 2 atom stereocenters. The number of rotatable bonds is 10. The zero-order chi connectivity index (χ0) is 17.2. The molecule has 0 radical (unpaired) electrons. The highest BCUT2D eigenvalue weighted by atomic mass is 16.5. The maximum absolute atomic E-state index is 9.82. The van der Waals surface area contributed by atoms with Crippen LogP contribution in [0.5, 0.6) is 0 Å². The molecule has 0 aliphatic rings. The van der Waals surface area contributed by atoms with Gasteiger partial charge in [-0.15, -0.1) is 0 Å². The summed E-state index contributed by atoms with van der Waals surface area (Å²) in [6.45, 7) is 5.72. The van der Waals surface area contributed by atoms with Gasteiger partial charge in [-0.25, -0.2) is 0 Å². The highest BCUT2D eigenvalue weighted by Gasteiger charge is 2.22. The van der Waals surface area contributed by atoms with E-state index in [4.69, 9.17) is 4.74 Å². The Morgan fingerprint density at radius 3 is 2.04 bits per heavy atom. The number of benzene rings is 2. The van der Waals surface area contributed by atoms with Gasteiger partial charge >= 0.3 is 0 Å². The number of aliphatic hydroxyl groups excluding tert-OH is 1. The van der Waals surface area contributed by atoms with Gasteiger partial charge in [-0.1, -0.05) is 74.5 Å². The van der Waals surface area contributed by atoms with Crippen LogP contribution in [-0.4, -0.2) is 23.9 Å². The van der Waals surface area contributed by atoms with E-state index in [1.54, 1.807) is 0 Å². The van der Waals surface area contributed by atoms with Gasteiger partial charge in [0.1, 0.15) is 0 Å². The van der Waals surface area contributed by atoms with E-state index in [2.05, 4.69) is 31.3 Å². The summed E-state index contributed by atoms with van der Waals surface area (Å²) >= 11 is 0. The minimum Gasteiger partial charge on any atom is -0.394 e. The van der Waals surface area contributed by atoms with Gasteiger partial charge in [0.15, 0.2) is 0 Å². The Bertz CT molecular complexity index is 557. The predicted molar refractivity (Wildman–Crippen MR) is 98.6 cm³/mol. The van der Waals surface area contributed by atoms with Crippen molar-refractivity contribution in [1.82, 2.24) is 5.32 Å². The molecule has 24 heavy (non-hydrogen) atoms. The van der Waals surface area contributed by atoms with Gasteiger partial charge < -0.3 is 15.2 Å². The molecule has 0 aromatic heterocycles. The highest BCUT2D eigenvalue weighted by Crippen LogP contribution is 2.14. The third-order valence-corrected chi connectivity index (χ3v) is 4.07. The molecule has 0 fully saturated rings. The Morgan fingerprint density at radius 1 is 0.917 bits per heavy atom. The van der Waals surface area contributed by atoms with E-state index >= 15 is 0 Å². The number of ether oxygens (including phenoxy) is 1. The largest absolute Gasteiger partial charge is 0.394 e. The average Bonchev–Trinajstić information content (AvgIpc) is 2.61. The average molecular weight is 327 g/mol. The molecule has 2 aromatic carbocycles. The van der Waals surface area contributed by atoms with Crippen LogP contribution in [-0.2, 0) is 17.9 Å². The van der Waals surface area contributed by atoms with Crippen molar-refractivity contribution in [1.29, 1.82) is 0 Å². The molecule has 0 heterocycles. The minimum absolute atomic E-state index is 0.0199. The molecule has 130 valence electrons. The monoisotopic (exact) mass is 327 g/mol. The Balaban J connectivity index is 1.95. The summed E-state index contributed by atoms with van der Waals surface area (Å²) in [5.41, 5.74) is 2.37. The molecule has 3 nitrogen and oxygen atoms in total. The second-order valence-electron chi connectivity index (χ2n) is 6.62. The van der Waals surface area contributed by atoms with Gasteiger partial charge in [0.25, 0.3) is 0 Å². The molecular weight excluding hydrogens is 298 g/mol. The summed E-state index contributed by atoms with van der Waals surface area (Å²) < 4.78 is 6.02. The lowest BCUT2D eigenvalue weighted by Crippen LogP contribution is -2.44. The van der Waals surface area contributed by atoms with E-state index in [-0.39, 0.29) is 18.8 Å². The molecule has 2 rings (SSSR count). The fraction of sp³-hybridized carbons (Fsp3) is 0.429. The zero-order valence-corrected chi connectivity index (χ0v) is 14.7. The molecule has 3 heteroatoms. The molecule has 2 aromatic rings. The van der Waals surface area contributed by atoms with Crippen molar-refractivity contribution in [3.63, 3.8) is 0 Å². The number of aliphatic hydroxyl groups is 1. The van der Waals surface area contributed by atoms with E-state index in [0.717, 1.165) is 18.5 Å². The summed E-state index contributed by atoms with van der Waals surface area (Å²) in [5.74, 6) is 0.535. The zero-order valence-electron chi connectivity index (χ0n) is 14.7. The van der Waals surface area contributed by atoms with Crippen LogP contribution in [0.25, 0.3) is 0 Å². The summed E-state index contributed by atoms with van der Waals surface area (Å²) in [5, 5.41) is 13.4. The van der Waals surface area contributed by atoms with Gasteiger partial charge in [0, 0.05) is 12.6 Å². The quantitative estimate of drug-likeness (QED) is 0.698. The van der Waals surface area contributed by atoms with Crippen LogP contribution < -0.4 is 5.32 Å². The molecule has 0 saturated carbocycles. The summed E-state index contributed by atoms with van der Waals surface area (Å²) in [4.78, 5) is 0. The van der Waals surface area contributed by atoms with Crippen molar-refractivity contribution in [2.24, 2.45) is 5.92 Å². The van der Waals surface area contributed by atoms with E-state index in [1.165, 1.54) is 5.56 Å². The fourth-order valence-corrected chi connectivity index (χ4v) is 2.79. The van der Waals surface area contributed by atoms with Gasteiger partial charge in [0.2, 0.25) is 0 Å². The van der Waals surface area contributed by atoms with Gasteiger partial charge in [-0.05, 0) is 23.5 Å². The smallest absolute Gasteiger partial charge is 0.0962 e. The van der Waals surface area contributed by atoms with Gasteiger partial charge in [0.05, 0.1) is 19.3 Å². The summed E-state index contributed by atoms with van der Waals surface area (Å²) in [6, 6.07) is 20.6. The topological polar surface area (TPSA) is 41.5 Å². The Morgan fingerprint density at radius 2 is 1.50 bits per heavy atom. The molecule has 0 bridgehead atoms. The van der Waals surface area contributed by atoms with Crippen LogP contribution >= 0.6 is 0 Å². The highest BCUT2D eigenvalue weighted by molar-refractivity contribution is 5.15. The maximum atomic E-state index is 9.82. The van der Waals surface area contributed by atoms with Crippen molar-refractivity contribution in [3.05, 3.63) is 71.8 Å². The van der Waals surface area contributed by atoms with Crippen LogP contribution in [0, 0.1) is 5.92 Å². The second kappa shape index (κ2) is 10.2. The number of hydrogen-bond acceptors (Lipinski definition) is 3. The van der Waals surface area contributed by atoms with Crippen molar-refractivity contribution in [2.75, 3.05) is 6.61 Å². The first kappa shape index (κ1) is 18.7. The maximum Gasteiger partial charge on any atom is 0.0962 e. The summed E-state index contributed by atoms with van der Waals surface area (Å²) in [7, 11) is 0. The normalized spacial score (nSPS) is 13.8. The first-order chi connectivity index (χ1) is 11.7. The van der Waals surface area contributed by atoms with Crippen LogP contribution in [0.15, 0.2) is 60.7 Å². The van der Waals surface area contributed by atoms with E-state index in [9.17, 15) is 5.11 Å². The van der Waals surface area contributed by atoms with E-state index < -0.39 is 0 Å². The predicted octanol–water partition coefficient (Wildman–Crippen LogP) is 3.77. The molecule has 0 unspecified atom stereocenters. The lowest BCUT2D eigenvalue weighted by Gasteiger charge is -2.28. The number of nitrogens with one attached hydrogen (secondary N) is 1. The Labute approximate surface area is 145 Å². The van der Waals surface area contributed by atoms with Crippen molar-refractivity contribution in [2.45, 2.75) is 45.6 Å². The van der Waals surface area contributed by atoms with Crippen LogP contribution in [0.4, 0.5) is 0 Å². The second-order valence-corrected chi connectivity index (χ2v) is 6.62. The molecule has 0 aliphatic heterocycles. The number of hydrogen-bond donors (Lipinski definition) is 2. The molecule has 0 saturated heterocycles. The lowest BCUT2D eigenvalue weighted by atomic mass is 9.99. The van der Waals surface area contributed by atoms with Crippen molar-refractivity contribution < 1.29 is 9.84 Å². The first-order valence-electron chi connectivity index (χ1n) is 8.72. The Hall–Kier alpha value is -1.68. The van der Waals surface area contributed by atoms with Crippen LogP contribution in [0.2, 0.25) is 0 Å². The van der Waals surface area contributed by atoms with Gasteiger partial charge in [-0.3, -0.25) is 0 Å². The third kappa shape index (κ3) is 6.44. The van der Waals surface area contributed by atoms with Crippen LogP contribution in [0.1, 0.15) is 31.4 Å².